The fourth-order valence-electron chi connectivity index (χ4n) is 5.58. The molecule has 4 heteroatoms. The molecule has 3 aliphatic rings. The number of halogens is 1. The van der Waals surface area contributed by atoms with Crippen LogP contribution < -0.4 is 4.74 Å². The minimum Gasteiger partial charge on any atom is -0.424 e. The molecule has 3 nitrogen and oxygen atoms in total. The van der Waals surface area contributed by atoms with Gasteiger partial charge in [0.25, 0.3) is 0 Å². The second-order valence-electron chi connectivity index (χ2n) is 7.91. The molecule has 0 amide bonds. The lowest BCUT2D eigenvalue weighted by molar-refractivity contribution is -0.132. The highest BCUT2D eigenvalue weighted by atomic mass is 19.1. The van der Waals surface area contributed by atoms with E-state index in [-0.39, 0.29) is 11.2 Å². The Morgan fingerprint density at radius 1 is 1.25 bits per heavy atom. The van der Waals surface area contributed by atoms with E-state index in [0.717, 1.165) is 43.2 Å². The Morgan fingerprint density at radius 2 is 2.04 bits per heavy atom. The van der Waals surface area contributed by atoms with Crippen molar-refractivity contribution in [2.75, 3.05) is 0 Å². The van der Waals surface area contributed by atoms with Crippen molar-refractivity contribution >= 4 is 11.8 Å². The minimum atomic E-state index is -0.500. The number of carbonyl (C=O) groups excluding carboxylic acids is 2. The van der Waals surface area contributed by atoms with Gasteiger partial charge in [-0.1, -0.05) is 6.92 Å². The van der Waals surface area contributed by atoms with Gasteiger partial charge >= 0.3 is 5.97 Å². The number of benzene rings is 1. The Balaban J connectivity index is 1.69. The number of ketones is 1. The number of hydrogen-bond acceptors (Lipinski definition) is 3. The molecule has 0 radical (unpaired) electrons. The van der Waals surface area contributed by atoms with Crippen LogP contribution in [0, 0.1) is 23.1 Å². The first-order valence-electron chi connectivity index (χ1n) is 8.94. The van der Waals surface area contributed by atoms with Gasteiger partial charge in [0.2, 0.25) is 0 Å². The SMILES string of the molecule is CC(=O)Oc1cc2c(cc1F)C1CCC3(C)C(=O)CCC3C1CC2. The van der Waals surface area contributed by atoms with Crippen molar-refractivity contribution in [3.63, 3.8) is 0 Å². The molecule has 0 aliphatic heterocycles. The van der Waals surface area contributed by atoms with Crippen LogP contribution in [0.15, 0.2) is 12.1 Å². The molecule has 4 rings (SSSR count). The lowest BCUT2D eigenvalue weighted by Gasteiger charge is -2.48. The molecule has 0 heterocycles. The molecule has 128 valence electrons. The molecule has 0 aromatic heterocycles. The zero-order valence-electron chi connectivity index (χ0n) is 14.2. The standard InChI is InChI=1S/C20H23FO3/c1-11(22)24-18-9-12-3-4-14-13(15(12)10-17(18)21)7-8-20(2)16(14)5-6-19(20)23/h9-10,13-14,16H,3-8H2,1-2H3. The van der Waals surface area contributed by atoms with Gasteiger partial charge in [-0.3, -0.25) is 9.59 Å². The predicted molar refractivity (Wildman–Crippen MR) is 87.3 cm³/mol. The molecular formula is C20H23FO3. The molecule has 0 bridgehead atoms. The summed E-state index contributed by atoms with van der Waals surface area (Å²) in [5, 5.41) is 0. The van der Waals surface area contributed by atoms with Gasteiger partial charge in [-0.05, 0) is 73.1 Å². The minimum absolute atomic E-state index is 0.0383. The zero-order chi connectivity index (χ0) is 17.1. The van der Waals surface area contributed by atoms with Crippen LogP contribution in [0.5, 0.6) is 5.75 Å². The highest BCUT2D eigenvalue weighted by molar-refractivity contribution is 5.87. The van der Waals surface area contributed by atoms with E-state index < -0.39 is 11.8 Å². The van der Waals surface area contributed by atoms with Crippen LogP contribution in [0.1, 0.15) is 63.0 Å². The van der Waals surface area contributed by atoms with Crippen LogP contribution in [-0.2, 0) is 16.0 Å². The van der Waals surface area contributed by atoms with Gasteiger partial charge in [0.05, 0.1) is 0 Å². The van der Waals surface area contributed by atoms with Gasteiger partial charge in [0.1, 0.15) is 5.78 Å². The Kier molecular flexibility index (Phi) is 3.55. The largest absolute Gasteiger partial charge is 0.424 e. The first-order valence-corrected chi connectivity index (χ1v) is 8.94. The Bertz CT molecular complexity index is 726. The quantitative estimate of drug-likeness (QED) is 0.573. The van der Waals surface area contributed by atoms with Crippen molar-refractivity contribution in [3.8, 4) is 5.75 Å². The molecule has 1 aromatic rings. The number of rotatable bonds is 1. The zero-order valence-corrected chi connectivity index (χ0v) is 14.2. The summed E-state index contributed by atoms with van der Waals surface area (Å²) in [6, 6.07) is 3.28. The van der Waals surface area contributed by atoms with Crippen molar-refractivity contribution in [3.05, 3.63) is 29.1 Å². The molecule has 0 spiro atoms. The second kappa shape index (κ2) is 5.40. The first-order chi connectivity index (χ1) is 11.4. The van der Waals surface area contributed by atoms with Crippen molar-refractivity contribution in [2.45, 2.75) is 58.3 Å². The molecule has 24 heavy (non-hydrogen) atoms. The maximum Gasteiger partial charge on any atom is 0.308 e. The van der Waals surface area contributed by atoms with E-state index in [1.54, 1.807) is 12.1 Å². The summed E-state index contributed by atoms with van der Waals surface area (Å²) in [5.74, 6) is 0.749. The van der Waals surface area contributed by atoms with Gasteiger partial charge in [-0.25, -0.2) is 4.39 Å². The van der Waals surface area contributed by atoms with E-state index in [4.69, 9.17) is 4.74 Å². The maximum atomic E-state index is 14.4. The van der Waals surface area contributed by atoms with Crippen LogP contribution in [-0.4, -0.2) is 11.8 Å². The Hall–Kier alpha value is -1.71. The number of hydrogen-bond donors (Lipinski definition) is 0. The van der Waals surface area contributed by atoms with E-state index >= 15 is 0 Å². The van der Waals surface area contributed by atoms with E-state index in [1.165, 1.54) is 6.92 Å². The van der Waals surface area contributed by atoms with Crippen LogP contribution in [0.3, 0.4) is 0 Å². The summed E-state index contributed by atoms with van der Waals surface area (Å²) in [7, 11) is 0. The average molecular weight is 330 g/mol. The van der Waals surface area contributed by atoms with Gasteiger partial charge < -0.3 is 4.74 Å². The average Bonchev–Trinajstić information content (AvgIpc) is 2.83. The molecule has 1 aromatic carbocycles. The third-order valence-corrected chi connectivity index (χ3v) is 6.74. The number of esters is 1. The molecule has 0 saturated heterocycles. The van der Waals surface area contributed by atoms with Gasteiger partial charge in [-0.2, -0.15) is 0 Å². The van der Waals surface area contributed by atoms with Crippen LogP contribution in [0.2, 0.25) is 0 Å². The third-order valence-electron chi connectivity index (χ3n) is 6.74. The van der Waals surface area contributed by atoms with Crippen molar-refractivity contribution in [1.29, 1.82) is 0 Å². The monoisotopic (exact) mass is 330 g/mol. The molecular weight excluding hydrogens is 307 g/mol. The Labute approximate surface area is 141 Å². The molecule has 4 atom stereocenters. The topological polar surface area (TPSA) is 43.4 Å². The van der Waals surface area contributed by atoms with E-state index in [1.807, 2.05) is 0 Å². The van der Waals surface area contributed by atoms with E-state index in [9.17, 15) is 14.0 Å². The lowest BCUT2D eigenvalue weighted by Crippen LogP contribution is -2.42. The molecule has 0 N–H and O–H groups in total. The van der Waals surface area contributed by atoms with Gasteiger partial charge in [-0.15, -0.1) is 0 Å². The highest BCUT2D eigenvalue weighted by Gasteiger charge is 2.54. The van der Waals surface area contributed by atoms with E-state index in [2.05, 4.69) is 6.92 Å². The lowest BCUT2D eigenvalue weighted by atomic mass is 9.55. The fraction of sp³-hybridized carbons (Fsp3) is 0.600. The smallest absolute Gasteiger partial charge is 0.308 e. The second-order valence-corrected chi connectivity index (χ2v) is 7.91. The number of fused-ring (bicyclic) bond motifs is 5. The molecule has 2 saturated carbocycles. The van der Waals surface area contributed by atoms with Crippen molar-refractivity contribution in [1.82, 2.24) is 0 Å². The van der Waals surface area contributed by atoms with Gasteiger partial charge in [0, 0.05) is 18.8 Å². The summed E-state index contributed by atoms with van der Waals surface area (Å²) in [6.45, 7) is 3.43. The molecule has 2 fully saturated rings. The highest BCUT2D eigenvalue weighted by Crippen LogP contribution is 2.59. The van der Waals surface area contributed by atoms with Crippen molar-refractivity contribution < 1.29 is 18.7 Å². The summed E-state index contributed by atoms with van der Waals surface area (Å²) >= 11 is 0. The van der Waals surface area contributed by atoms with Crippen molar-refractivity contribution in [2.24, 2.45) is 17.3 Å². The number of Topliss-reactive ketones (excluding diaryl/α,β-unsaturated/α-hetero) is 1. The molecule has 3 aliphatic carbocycles. The summed E-state index contributed by atoms with van der Waals surface area (Å²) in [6.07, 6.45) is 5.45. The number of carbonyl (C=O) groups is 2. The first kappa shape index (κ1) is 15.8. The van der Waals surface area contributed by atoms with Crippen LogP contribution in [0.4, 0.5) is 4.39 Å². The predicted octanol–water partition coefficient (Wildman–Crippen LogP) is 4.18. The number of ether oxygens (including phenoxy) is 1. The summed E-state index contributed by atoms with van der Waals surface area (Å²) in [4.78, 5) is 23.5. The normalized spacial score (nSPS) is 34.3. The summed E-state index contributed by atoms with van der Waals surface area (Å²) in [5.41, 5.74) is 2.01. The third kappa shape index (κ3) is 2.22. The van der Waals surface area contributed by atoms with E-state index in [0.29, 0.717) is 30.0 Å². The maximum absolute atomic E-state index is 14.4. The fourth-order valence-corrected chi connectivity index (χ4v) is 5.58. The number of aryl methyl sites for hydroxylation is 1. The Morgan fingerprint density at radius 3 is 2.79 bits per heavy atom. The van der Waals surface area contributed by atoms with Gasteiger partial charge in [0.15, 0.2) is 11.6 Å². The van der Waals surface area contributed by atoms with Crippen LogP contribution in [0.25, 0.3) is 0 Å². The van der Waals surface area contributed by atoms with Crippen LogP contribution >= 0.6 is 0 Å². The summed E-state index contributed by atoms with van der Waals surface area (Å²) < 4.78 is 19.4. The molecule has 4 unspecified atom stereocenters.